The van der Waals surface area contributed by atoms with E-state index in [0.717, 1.165) is 58.5 Å². The van der Waals surface area contributed by atoms with Crippen LogP contribution in [-0.4, -0.2) is 51.4 Å². The SMILES string of the molecule is CCCN1CCC2(CCN(Cc3cncn3CC(C)C)C2)C1=O. The number of likely N-dealkylation sites (tertiary alicyclic amines) is 2. The molecule has 2 saturated heterocycles. The van der Waals surface area contributed by atoms with E-state index in [1.807, 2.05) is 12.5 Å². The lowest BCUT2D eigenvalue weighted by atomic mass is 9.85. The number of nitrogens with zero attached hydrogens (tertiary/aromatic N) is 4. The number of amides is 1. The lowest BCUT2D eigenvalue weighted by Crippen LogP contribution is -2.37. The molecule has 1 amide bonds. The predicted octanol–water partition coefficient (Wildman–Crippen LogP) is 2.37. The van der Waals surface area contributed by atoms with Crippen molar-refractivity contribution in [3.05, 3.63) is 18.2 Å². The van der Waals surface area contributed by atoms with Gasteiger partial charge in [0.25, 0.3) is 0 Å². The fourth-order valence-electron chi connectivity index (χ4n) is 4.11. The Balaban J connectivity index is 1.63. The van der Waals surface area contributed by atoms with E-state index in [4.69, 9.17) is 0 Å². The summed E-state index contributed by atoms with van der Waals surface area (Å²) in [5.74, 6) is 1.02. The lowest BCUT2D eigenvalue weighted by molar-refractivity contribution is -0.135. The summed E-state index contributed by atoms with van der Waals surface area (Å²) >= 11 is 0. The first-order chi connectivity index (χ1) is 11.0. The van der Waals surface area contributed by atoms with Crippen LogP contribution in [-0.2, 0) is 17.9 Å². The van der Waals surface area contributed by atoms with Crippen molar-refractivity contribution in [2.24, 2.45) is 11.3 Å². The van der Waals surface area contributed by atoms with Crippen LogP contribution in [0.5, 0.6) is 0 Å². The highest BCUT2D eigenvalue weighted by Gasteiger charge is 2.50. The van der Waals surface area contributed by atoms with Crippen LogP contribution in [0.2, 0.25) is 0 Å². The lowest BCUT2D eigenvalue weighted by Gasteiger charge is -2.24. The zero-order valence-corrected chi connectivity index (χ0v) is 14.8. The highest BCUT2D eigenvalue weighted by Crippen LogP contribution is 2.41. The minimum Gasteiger partial charge on any atom is -0.342 e. The topological polar surface area (TPSA) is 41.4 Å². The smallest absolute Gasteiger partial charge is 0.230 e. The van der Waals surface area contributed by atoms with Crippen LogP contribution in [0.25, 0.3) is 0 Å². The summed E-state index contributed by atoms with van der Waals surface area (Å²) in [4.78, 5) is 21.6. The van der Waals surface area contributed by atoms with Crippen molar-refractivity contribution in [2.75, 3.05) is 26.2 Å². The van der Waals surface area contributed by atoms with Gasteiger partial charge in [-0.3, -0.25) is 9.69 Å². The summed E-state index contributed by atoms with van der Waals surface area (Å²) in [6, 6.07) is 0. The van der Waals surface area contributed by atoms with E-state index in [1.54, 1.807) is 0 Å². The molecule has 2 fully saturated rings. The summed E-state index contributed by atoms with van der Waals surface area (Å²) in [7, 11) is 0. The first-order valence-corrected chi connectivity index (χ1v) is 9.05. The maximum atomic E-state index is 12.8. The molecule has 5 nitrogen and oxygen atoms in total. The maximum absolute atomic E-state index is 12.8. The van der Waals surface area contributed by atoms with Gasteiger partial charge in [-0.2, -0.15) is 0 Å². The van der Waals surface area contributed by atoms with Crippen LogP contribution in [0.4, 0.5) is 0 Å². The second-order valence-electron chi connectivity index (χ2n) is 7.71. The van der Waals surface area contributed by atoms with Crippen LogP contribution < -0.4 is 0 Å². The third-order valence-electron chi connectivity index (χ3n) is 5.27. The Morgan fingerprint density at radius 2 is 2.09 bits per heavy atom. The van der Waals surface area contributed by atoms with Gasteiger partial charge in [0.05, 0.1) is 17.4 Å². The number of rotatable bonds is 6. The number of imidazole rings is 1. The Hall–Kier alpha value is -1.36. The van der Waals surface area contributed by atoms with Crippen LogP contribution in [0, 0.1) is 11.3 Å². The fourth-order valence-corrected chi connectivity index (χ4v) is 4.11. The van der Waals surface area contributed by atoms with Crippen LogP contribution in [0.15, 0.2) is 12.5 Å². The van der Waals surface area contributed by atoms with Crippen molar-refractivity contribution in [1.29, 1.82) is 0 Å². The third kappa shape index (κ3) is 3.30. The largest absolute Gasteiger partial charge is 0.342 e. The van der Waals surface area contributed by atoms with Crippen molar-refractivity contribution in [2.45, 2.75) is 53.1 Å². The average molecular weight is 318 g/mol. The molecule has 1 atom stereocenters. The molecular weight excluding hydrogens is 288 g/mol. The third-order valence-corrected chi connectivity index (χ3v) is 5.27. The molecule has 0 bridgehead atoms. The summed E-state index contributed by atoms with van der Waals surface area (Å²) in [6.07, 6.45) is 7.02. The number of carbonyl (C=O) groups excluding carboxylic acids is 1. The molecule has 0 aliphatic carbocycles. The summed E-state index contributed by atoms with van der Waals surface area (Å²) in [5, 5.41) is 0. The highest BCUT2D eigenvalue weighted by atomic mass is 16.2. The Morgan fingerprint density at radius 3 is 2.83 bits per heavy atom. The van der Waals surface area contributed by atoms with Crippen LogP contribution in [0.1, 0.15) is 45.7 Å². The van der Waals surface area contributed by atoms with Crippen molar-refractivity contribution in [3.8, 4) is 0 Å². The Morgan fingerprint density at radius 1 is 1.30 bits per heavy atom. The van der Waals surface area contributed by atoms with Crippen molar-refractivity contribution >= 4 is 5.91 Å². The van der Waals surface area contributed by atoms with Crippen LogP contribution in [0.3, 0.4) is 0 Å². The van der Waals surface area contributed by atoms with E-state index in [2.05, 4.69) is 40.1 Å². The summed E-state index contributed by atoms with van der Waals surface area (Å²) in [5.41, 5.74) is 1.17. The summed E-state index contributed by atoms with van der Waals surface area (Å²) < 4.78 is 2.26. The van der Waals surface area contributed by atoms with E-state index < -0.39 is 0 Å². The van der Waals surface area contributed by atoms with E-state index in [0.29, 0.717) is 11.8 Å². The minimum absolute atomic E-state index is 0.0991. The summed E-state index contributed by atoms with van der Waals surface area (Å²) in [6.45, 7) is 12.3. The molecule has 0 aromatic carbocycles. The minimum atomic E-state index is -0.0991. The van der Waals surface area contributed by atoms with Crippen LogP contribution >= 0.6 is 0 Å². The molecule has 5 heteroatoms. The Bertz CT molecular complexity index is 553. The molecule has 3 heterocycles. The van der Waals surface area contributed by atoms with Gasteiger partial charge in [0.1, 0.15) is 0 Å². The van der Waals surface area contributed by atoms with Gasteiger partial charge in [0.15, 0.2) is 0 Å². The quantitative estimate of drug-likeness (QED) is 0.808. The zero-order valence-electron chi connectivity index (χ0n) is 14.8. The van der Waals surface area contributed by atoms with Gasteiger partial charge in [-0.05, 0) is 31.7 Å². The fraction of sp³-hybridized carbons (Fsp3) is 0.778. The van der Waals surface area contributed by atoms with E-state index in [-0.39, 0.29) is 5.41 Å². The van der Waals surface area contributed by atoms with Gasteiger partial charge >= 0.3 is 0 Å². The molecule has 23 heavy (non-hydrogen) atoms. The maximum Gasteiger partial charge on any atom is 0.230 e. The monoisotopic (exact) mass is 318 g/mol. The highest BCUT2D eigenvalue weighted by molar-refractivity contribution is 5.85. The Kier molecular flexibility index (Phi) is 4.76. The van der Waals surface area contributed by atoms with Gasteiger partial charge in [-0.25, -0.2) is 4.98 Å². The van der Waals surface area contributed by atoms with Crippen molar-refractivity contribution in [3.63, 3.8) is 0 Å². The number of carbonyl (C=O) groups is 1. The number of aromatic nitrogens is 2. The number of hydrogen-bond donors (Lipinski definition) is 0. The molecule has 1 spiro atoms. The molecule has 0 N–H and O–H groups in total. The average Bonchev–Trinajstić information content (AvgIpc) is 3.18. The molecule has 0 radical (unpaired) electrons. The first kappa shape index (κ1) is 16.5. The standard InChI is InChI=1S/C18H30N4O/c1-4-7-21-9-6-18(17(21)23)5-8-20(13-18)12-16-10-19-14-22(16)11-15(2)3/h10,14-15H,4-9,11-13H2,1-3H3. The zero-order chi connectivity index (χ0) is 16.4. The molecule has 0 saturated carbocycles. The van der Waals surface area contributed by atoms with Gasteiger partial charge < -0.3 is 9.47 Å². The predicted molar refractivity (Wildman–Crippen MR) is 90.9 cm³/mol. The van der Waals surface area contributed by atoms with Gasteiger partial charge in [0, 0.05) is 38.9 Å². The molecule has 128 valence electrons. The molecule has 3 rings (SSSR count). The van der Waals surface area contributed by atoms with Crippen molar-refractivity contribution in [1.82, 2.24) is 19.4 Å². The number of hydrogen-bond acceptors (Lipinski definition) is 3. The molecule has 1 aromatic heterocycles. The second-order valence-corrected chi connectivity index (χ2v) is 7.71. The molecule has 2 aliphatic rings. The molecular formula is C18H30N4O. The second kappa shape index (κ2) is 6.63. The van der Waals surface area contributed by atoms with E-state index >= 15 is 0 Å². The van der Waals surface area contributed by atoms with E-state index in [1.165, 1.54) is 5.69 Å². The Labute approximate surface area is 139 Å². The molecule has 2 aliphatic heterocycles. The molecule has 1 aromatic rings. The van der Waals surface area contributed by atoms with Gasteiger partial charge in [-0.1, -0.05) is 20.8 Å². The van der Waals surface area contributed by atoms with Crippen molar-refractivity contribution < 1.29 is 4.79 Å². The normalized spacial score (nSPS) is 25.4. The first-order valence-electron chi connectivity index (χ1n) is 9.05. The van der Waals surface area contributed by atoms with E-state index in [9.17, 15) is 4.79 Å². The molecule has 1 unspecified atom stereocenters. The van der Waals surface area contributed by atoms with Gasteiger partial charge in [0.2, 0.25) is 5.91 Å². The van der Waals surface area contributed by atoms with Gasteiger partial charge in [-0.15, -0.1) is 0 Å².